The molecule has 1 unspecified atom stereocenters. The van der Waals surface area contributed by atoms with Crippen LogP contribution in [0.15, 0.2) is 59.5 Å². The lowest BCUT2D eigenvalue weighted by Crippen LogP contribution is -2.36. The third-order valence-electron chi connectivity index (χ3n) is 4.57. The minimum Gasteiger partial charge on any atom is -0.455 e. The molecule has 9 nitrogen and oxygen atoms in total. The molecule has 0 aliphatic carbocycles. The van der Waals surface area contributed by atoms with Crippen molar-refractivity contribution >= 4 is 33.5 Å². The quantitative estimate of drug-likeness (QED) is 0.520. The van der Waals surface area contributed by atoms with E-state index in [2.05, 4.69) is 10.6 Å². The molecule has 0 spiro atoms. The van der Waals surface area contributed by atoms with Crippen LogP contribution in [-0.4, -0.2) is 57.3 Å². The Labute approximate surface area is 187 Å². The highest BCUT2D eigenvalue weighted by atomic mass is 32.2. The Balaban J connectivity index is 1.81. The van der Waals surface area contributed by atoms with Gasteiger partial charge < -0.3 is 15.4 Å². The van der Waals surface area contributed by atoms with Crippen molar-refractivity contribution < 1.29 is 27.5 Å². The highest BCUT2D eigenvalue weighted by Gasteiger charge is 2.24. The maximum atomic E-state index is 12.6. The molecule has 2 N–H and O–H groups in total. The number of hydrogen-bond donors (Lipinski definition) is 2. The summed E-state index contributed by atoms with van der Waals surface area (Å²) in [5, 5.41) is 5.23. The third kappa shape index (κ3) is 7.47. The molecule has 1 atom stereocenters. The Hall–Kier alpha value is -3.24. The van der Waals surface area contributed by atoms with Crippen LogP contribution in [0.2, 0.25) is 0 Å². The van der Waals surface area contributed by atoms with E-state index in [0.717, 1.165) is 9.87 Å². The number of amides is 2. The monoisotopic (exact) mass is 461 g/mol. The van der Waals surface area contributed by atoms with Gasteiger partial charge in [-0.3, -0.25) is 14.4 Å². The summed E-state index contributed by atoms with van der Waals surface area (Å²) in [5.41, 5.74) is 1.52. The standard InChI is InChI=1S/C22H27N3O6S/c1-16(18-7-5-4-6-8-18)13-23-21(27)15-31-22(28)14-25(3)32(29,30)20-11-9-19(10-12-20)24-17(2)26/h4-12,16H,13-15H2,1-3H3,(H,23,27)(H,24,26). The average Bonchev–Trinajstić information content (AvgIpc) is 2.76. The van der Waals surface area contributed by atoms with E-state index in [0.29, 0.717) is 12.2 Å². The number of likely N-dealkylation sites (N-methyl/N-ethyl adjacent to an activating group) is 1. The van der Waals surface area contributed by atoms with Crippen LogP contribution in [-0.2, 0) is 29.1 Å². The number of nitrogens with one attached hydrogen (secondary N) is 2. The fourth-order valence-electron chi connectivity index (χ4n) is 2.77. The molecule has 2 aromatic rings. The SMILES string of the molecule is CC(=O)Nc1ccc(S(=O)(=O)N(C)CC(=O)OCC(=O)NCC(C)c2ccccc2)cc1. The molecule has 32 heavy (non-hydrogen) atoms. The Morgan fingerprint density at radius 2 is 1.66 bits per heavy atom. The van der Waals surface area contributed by atoms with Gasteiger partial charge >= 0.3 is 5.97 Å². The van der Waals surface area contributed by atoms with E-state index in [4.69, 9.17) is 4.74 Å². The van der Waals surface area contributed by atoms with Crippen molar-refractivity contribution in [1.29, 1.82) is 0 Å². The van der Waals surface area contributed by atoms with Gasteiger partial charge in [-0.05, 0) is 35.7 Å². The van der Waals surface area contributed by atoms with Crippen molar-refractivity contribution in [2.45, 2.75) is 24.7 Å². The van der Waals surface area contributed by atoms with Crippen LogP contribution in [0.25, 0.3) is 0 Å². The summed E-state index contributed by atoms with van der Waals surface area (Å²) >= 11 is 0. The van der Waals surface area contributed by atoms with Crippen LogP contribution >= 0.6 is 0 Å². The Morgan fingerprint density at radius 3 is 2.25 bits per heavy atom. The van der Waals surface area contributed by atoms with E-state index >= 15 is 0 Å². The van der Waals surface area contributed by atoms with Crippen LogP contribution in [0.1, 0.15) is 25.3 Å². The number of carbonyl (C=O) groups excluding carboxylic acids is 3. The molecule has 172 valence electrons. The zero-order valence-corrected chi connectivity index (χ0v) is 19.0. The van der Waals surface area contributed by atoms with Gasteiger partial charge in [-0.2, -0.15) is 4.31 Å². The van der Waals surface area contributed by atoms with Crippen LogP contribution in [0.4, 0.5) is 5.69 Å². The predicted octanol–water partition coefficient (Wildman–Crippen LogP) is 1.73. The molecule has 10 heteroatoms. The number of ether oxygens (including phenoxy) is 1. The van der Waals surface area contributed by atoms with Gasteiger partial charge in [0.25, 0.3) is 5.91 Å². The van der Waals surface area contributed by atoms with Crippen molar-refractivity contribution in [1.82, 2.24) is 9.62 Å². The number of esters is 1. The highest BCUT2D eigenvalue weighted by Crippen LogP contribution is 2.17. The predicted molar refractivity (Wildman–Crippen MR) is 119 cm³/mol. The van der Waals surface area contributed by atoms with Crippen LogP contribution < -0.4 is 10.6 Å². The zero-order valence-electron chi connectivity index (χ0n) is 18.2. The lowest BCUT2D eigenvalue weighted by molar-refractivity contribution is -0.148. The molecule has 0 saturated heterocycles. The Morgan fingerprint density at radius 1 is 1.03 bits per heavy atom. The van der Waals surface area contributed by atoms with Crippen molar-refractivity contribution in [3.05, 3.63) is 60.2 Å². The van der Waals surface area contributed by atoms with Gasteiger partial charge in [-0.25, -0.2) is 8.42 Å². The van der Waals surface area contributed by atoms with E-state index < -0.39 is 35.1 Å². The van der Waals surface area contributed by atoms with Gasteiger partial charge in [0.2, 0.25) is 15.9 Å². The van der Waals surface area contributed by atoms with E-state index in [9.17, 15) is 22.8 Å². The maximum Gasteiger partial charge on any atom is 0.321 e. The van der Waals surface area contributed by atoms with Gasteiger partial charge in [-0.15, -0.1) is 0 Å². The summed E-state index contributed by atoms with van der Waals surface area (Å²) in [4.78, 5) is 35.0. The minimum atomic E-state index is -3.95. The Kier molecular flexibility index (Phi) is 8.91. The zero-order chi connectivity index (χ0) is 23.7. The molecule has 0 heterocycles. The summed E-state index contributed by atoms with van der Waals surface area (Å²) in [7, 11) is -2.71. The summed E-state index contributed by atoms with van der Waals surface area (Å²) in [5.74, 6) is -1.51. The summed E-state index contributed by atoms with van der Waals surface area (Å²) in [6.45, 7) is 2.63. The fraction of sp³-hybridized carbons (Fsp3) is 0.318. The lowest BCUT2D eigenvalue weighted by Gasteiger charge is -2.17. The number of benzene rings is 2. The van der Waals surface area contributed by atoms with Gasteiger partial charge in [0.15, 0.2) is 6.61 Å². The van der Waals surface area contributed by atoms with Crippen molar-refractivity contribution in [2.75, 3.05) is 32.1 Å². The molecule has 2 amide bonds. The van der Waals surface area contributed by atoms with E-state index in [1.165, 1.54) is 38.2 Å². The van der Waals surface area contributed by atoms with E-state index in [1.54, 1.807) is 0 Å². The molecule has 0 aliphatic rings. The highest BCUT2D eigenvalue weighted by molar-refractivity contribution is 7.89. The van der Waals surface area contributed by atoms with Crippen molar-refractivity contribution in [2.24, 2.45) is 0 Å². The molecule has 0 aromatic heterocycles. The smallest absolute Gasteiger partial charge is 0.321 e. The first kappa shape index (κ1) is 25.0. The molecule has 2 aromatic carbocycles. The van der Waals surface area contributed by atoms with E-state index in [-0.39, 0.29) is 16.7 Å². The number of rotatable bonds is 10. The second kappa shape index (κ2) is 11.4. The normalized spacial score (nSPS) is 12.1. The molecular weight excluding hydrogens is 434 g/mol. The first-order valence-corrected chi connectivity index (χ1v) is 11.3. The topological polar surface area (TPSA) is 122 Å². The number of hydrogen-bond acceptors (Lipinski definition) is 6. The molecule has 0 radical (unpaired) electrons. The van der Waals surface area contributed by atoms with E-state index in [1.807, 2.05) is 37.3 Å². The van der Waals surface area contributed by atoms with Gasteiger partial charge in [0, 0.05) is 26.2 Å². The van der Waals surface area contributed by atoms with Gasteiger partial charge in [0.05, 0.1) is 4.90 Å². The largest absolute Gasteiger partial charge is 0.455 e. The molecular formula is C22H27N3O6S. The summed E-state index contributed by atoms with van der Waals surface area (Å²) in [6, 6.07) is 15.2. The first-order chi connectivity index (χ1) is 15.1. The number of anilines is 1. The maximum absolute atomic E-state index is 12.6. The minimum absolute atomic E-state index is 0.0467. The van der Waals surface area contributed by atoms with Crippen molar-refractivity contribution in [3.63, 3.8) is 0 Å². The number of nitrogens with zero attached hydrogens (tertiary/aromatic N) is 1. The molecule has 0 fully saturated rings. The number of sulfonamides is 1. The summed E-state index contributed by atoms with van der Waals surface area (Å²) < 4.78 is 30.9. The molecule has 0 saturated carbocycles. The lowest BCUT2D eigenvalue weighted by atomic mass is 10.0. The molecule has 0 bridgehead atoms. The second-order valence-corrected chi connectivity index (χ2v) is 9.29. The van der Waals surface area contributed by atoms with Crippen LogP contribution in [0, 0.1) is 0 Å². The number of carbonyl (C=O) groups is 3. The Bertz CT molecular complexity index is 1040. The summed E-state index contributed by atoms with van der Waals surface area (Å²) in [6.07, 6.45) is 0. The third-order valence-corrected chi connectivity index (χ3v) is 6.39. The second-order valence-electron chi connectivity index (χ2n) is 7.24. The molecule has 2 rings (SSSR count). The van der Waals surface area contributed by atoms with Crippen LogP contribution in [0.3, 0.4) is 0 Å². The fourth-order valence-corrected chi connectivity index (χ4v) is 3.88. The first-order valence-electron chi connectivity index (χ1n) is 9.91. The van der Waals surface area contributed by atoms with Crippen LogP contribution in [0.5, 0.6) is 0 Å². The van der Waals surface area contributed by atoms with Gasteiger partial charge in [-0.1, -0.05) is 37.3 Å². The molecule has 0 aliphatic heterocycles. The van der Waals surface area contributed by atoms with Gasteiger partial charge in [0.1, 0.15) is 6.54 Å². The average molecular weight is 462 g/mol. The van der Waals surface area contributed by atoms with Crippen molar-refractivity contribution in [3.8, 4) is 0 Å².